The van der Waals surface area contributed by atoms with Gasteiger partial charge in [-0.25, -0.2) is 4.79 Å². The molecule has 0 aromatic carbocycles. The molecule has 4 nitrogen and oxygen atoms in total. The quantitative estimate of drug-likeness (QED) is 0.707. The van der Waals surface area contributed by atoms with Crippen molar-refractivity contribution in [3.05, 3.63) is 0 Å². The Labute approximate surface area is 103 Å². The number of carbonyl (C=O) groups is 1. The number of ether oxygens (including phenoxy) is 1. The van der Waals surface area contributed by atoms with E-state index in [-0.39, 0.29) is 17.6 Å². The summed E-state index contributed by atoms with van der Waals surface area (Å²) in [7, 11) is 0. The summed E-state index contributed by atoms with van der Waals surface area (Å²) in [5.74, 6) is 0. The second-order valence-corrected chi connectivity index (χ2v) is 6.38. The molecule has 1 unspecified atom stereocenters. The number of aliphatic hydroxyl groups is 1. The number of hydrogen-bond acceptors (Lipinski definition) is 3. The summed E-state index contributed by atoms with van der Waals surface area (Å²) in [6.07, 6.45) is 3.48. The zero-order valence-electron chi connectivity index (χ0n) is 11.0. The highest BCUT2D eigenvalue weighted by Crippen LogP contribution is 2.49. The lowest BCUT2D eigenvalue weighted by Gasteiger charge is -2.51. The molecule has 1 saturated heterocycles. The minimum atomic E-state index is -0.428. The Morgan fingerprint density at radius 1 is 1.29 bits per heavy atom. The summed E-state index contributed by atoms with van der Waals surface area (Å²) in [6.45, 7) is 7.07. The summed E-state index contributed by atoms with van der Waals surface area (Å²) in [5, 5.41) is 9.80. The predicted molar refractivity (Wildman–Crippen MR) is 64.7 cm³/mol. The molecule has 1 heterocycles. The summed E-state index contributed by atoms with van der Waals surface area (Å²) in [5.41, 5.74) is -0.319. The average Bonchev–Trinajstić information content (AvgIpc) is 2.25. The van der Waals surface area contributed by atoms with E-state index in [0.717, 1.165) is 25.7 Å². The number of likely N-dealkylation sites (tertiary alicyclic amines) is 1. The number of hydrogen-bond donors (Lipinski definition) is 1. The van der Waals surface area contributed by atoms with Gasteiger partial charge in [0.25, 0.3) is 0 Å². The van der Waals surface area contributed by atoms with Gasteiger partial charge in [0.05, 0.1) is 6.10 Å². The van der Waals surface area contributed by atoms with Gasteiger partial charge < -0.3 is 14.7 Å². The number of nitrogens with zero attached hydrogens (tertiary/aromatic N) is 1. The van der Waals surface area contributed by atoms with Crippen molar-refractivity contribution in [1.29, 1.82) is 0 Å². The second kappa shape index (κ2) is 4.16. The van der Waals surface area contributed by atoms with Crippen molar-refractivity contribution in [2.45, 2.75) is 58.2 Å². The lowest BCUT2D eigenvalue weighted by atomic mass is 9.61. The van der Waals surface area contributed by atoms with Gasteiger partial charge >= 0.3 is 6.09 Å². The van der Waals surface area contributed by atoms with Crippen molar-refractivity contribution in [1.82, 2.24) is 4.90 Å². The molecule has 98 valence electrons. The molecule has 4 heteroatoms. The Kier molecular flexibility index (Phi) is 3.10. The van der Waals surface area contributed by atoms with E-state index in [0.29, 0.717) is 13.1 Å². The molecular weight excluding hydrogens is 218 g/mol. The largest absolute Gasteiger partial charge is 0.444 e. The first-order valence-electron chi connectivity index (χ1n) is 6.48. The third-order valence-electron chi connectivity index (χ3n) is 4.03. The third kappa shape index (κ3) is 2.57. The van der Waals surface area contributed by atoms with Crippen molar-refractivity contribution in [2.75, 3.05) is 13.1 Å². The highest BCUT2D eigenvalue weighted by molar-refractivity contribution is 5.68. The van der Waals surface area contributed by atoms with Crippen molar-refractivity contribution < 1.29 is 14.6 Å². The minimum Gasteiger partial charge on any atom is -0.444 e. The van der Waals surface area contributed by atoms with Crippen LogP contribution in [0.15, 0.2) is 0 Å². The number of piperidine rings is 1. The molecule has 1 saturated carbocycles. The fraction of sp³-hybridized carbons (Fsp3) is 0.923. The van der Waals surface area contributed by atoms with Crippen LogP contribution in [0.2, 0.25) is 0 Å². The third-order valence-corrected chi connectivity index (χ3v) is 4.03. The van der Waals surface area contributed by atoms with Crippen LogP contribution in [0.4, 0.5) is 4.79 Å². The van der Waals surface area contributed by atoms with Crippen LogP contribution in [0.1, 0.15) is 46.5 Å². The van der Waals surface area contributed by atoms with Gasteiger partial charge in [-0.15, -0.1) is 0 Å². The smallest absolute Gasteiger partial charge is 0.410 e. The van der Waals surface area contributed by atoms with Gasteiger partial charge in [-0.1, -0.05) is 0 Å². The number of carbonyl (C=O) groups excluding carboxylic acids is 1. The molecule has 1 amide bonds. The topological polar surface area (TPSA) is 49.8 Å². The van der Waals surface area contributed by atoms with E-state index in [1.807, 2.05) is 20.8 Å². The molecule has 1 N–H and O–H groups in total. The second-order valence-electron chi connectivity index (χ2n) is 6.38. The standard InChI is InChI=1S/C13H23NO3/c1-12(2,3)17-11(16)14-8-6-13(7-9-14)5-4-10(13)15/h10,15H,4-9H2,1-3H3. The molecule has 2 aliphatic rings. The zero-order chi connectivity index (χ0) is 12.7. The van der Waals surface area contributed by atoms with Crippen LogP contribution in [0.5, 0.6) is 0 Å². The van der Waals surface area contributed by atoms with Gasteiger partial charge in [-0.2, -0.15) is 0 Å². The van der Waals surface area contributed by atoms with E-state index >= 15 is 0 Å². The highest BCUT2D eigenvalue weighted by Gasteiger charge is 2.48. The Hall–Kier alpha value is -0.770. The van der Waals surface area contributed by atoms with Crippen molar-refractivity contribution in [3.8, 4) is 0 Å². The van der Waals surface area contributed by atoms with Crippen LogP contribution in [0.25, 0.3) is 0 Å². The average molecular weight is 241 g/mol. The lowest BCUT2D eigenvalue weighted by molar-refractivity contribution is -0.0993. The van der Waals surface area contributed by atoms with Crippen LogP contribution in [-0.2, 0) is 4.74 Å². The molecule has 1 atom stereocenters. The van der Waals surface area contributed by atoms with E-state index in [4.69, 9.17) is 4.74 Å². The SMILES string of the molecule is CC(C)(C)OC(=O)N1CCC2(CCC2O)CC1. The summed E-state index contributed by atoms with van der Waals surface area (Å²) >= 11 is 0. The van der Waals surface area contributed by atoms with Gasteiger partial charge in [0.15, 0.2) is 0 Å². The molecule has 1 aliphatic carbocycles. The van der Waals surface area contributed by atoms with Crippen molar-refractivity contribution in [3.63, 3.8) is 0 Å². The normalized spacial score (nSPS) is 27.8. The van der Waals surface area contributed by atoms with Crippen LogP contribution < -0.4 is 0 Å². The van der Waals surface area contributed by atoms with Gasteiger partial charge in [-0.3, -0.25) is 0 Å². The van der Waals surface area contributed by atoms with Crippen LogP contribution in [-0.4, -0.2) is 40.9 Å². The molecule has 0 aromatic heterocycles. The molecule has 1 spiro atoms. The molecule has 1 aliphatic heterocycles. The highest BCUT2D eigenvalue weighted by atomic mass is 16.6. The van der Waals surface area contributed by atoms with Crippen molar-refractivity contribution in [2.24, 2.45) is 5.41 Å². The maximum atomic E-state index is 11.9. The molecule has 17 heavy (non-hydrogen) atoms. The number of rotatable bonds is 0. The van der Waals surface area contributed by atoms with Gasteiger partial charge in [0, 0.05) is 13.1 Å². The Balaban J connectivity index is 1.85. The molecular formula is C13H23NO3. The van der Waals surface area contributed by atoms with E-state index in [1.165, 1.54) is 0 Å². The molecule has 0 radical (unpaired) electrons. The monoisotopic (exact) mass is 241 g/mol. The van der Waals surface area contributed by atoms with E-state index < -0.39 is 5.60 Å². The van der Waals surface area contributed by atoms with E-state index in [9.17, 15) is 9.90 Å². The molecule has 2 rings (SSSR count). The van der Waals surface area contributed by atoms with Crippen LogP contribution in [0, 0.1) is 5.41 Å². The fourth-order valence-corrected chi connectivity index (χ4v) is 2.73. The first-order chi connectivity index (χ1) is 7.82. The Morgan fingerprint density at radius 3 is 2.24 bits per heavy atom. The Bertz CT molecular complexity index is 300. The van der Waals surface area contributed by atoms with Gasteiger partial charge in [-0.05, 0) is 51.9 Å². The molecule has 2 fully saturated rings. The Morgan fingerprint density at radius 2 is 1.88 bits per heavy atom. The van der Waals surface area contributed by atoms with Crippen LogP contribution in [0.3, 0.4) is 0 Å². The molecule has 0 aromatic rings. The number of amides is 1. The molecule has 0 bridgehead atoms. The van der Waals surface area contributed by atoms with Gasteiger partial charge in [0.2, 0.25) is 0 Å². The zero-order valence-corrected chi connectivity index (χ0v) is 11.0. The van der Waals surface area contributed by atoms with E-state index in [1.54, 1.807) is 4.90 Å². The minimum absolute atomic E-state index is 0.110. The van der Waals surface area contributed by atoms with Crippen molar-refractivity contribution >= 4 is 6.09 Å². The van der Waals surface area contributed by atoms with Gasteiger partial charge in [0.1, 0.15) is 5.60 Å². The fourth-order valence-electron chi connectivity index (χ4n) is 2.73. The maximum absolute atomic E-state index is 11.9. The summed E-state index contributed by atoms with van der Waals surface area (Å²) < 4.78 is 5.35. The predicted octanol–water partition coefficient (Wildman–Crippen LogP) is 2.16. The maximum Gasteiger partial charge on any atom is 0.410 e. The lowest BCUT2D eigenvalue weighted by Crippen LogP contribution is -2.53. The van der Waals surface area contributed by atoms with E-state index in [2.05, 4.69) is 0 Å². The first-order valence-corrected chi connectivity index (χ1v) is 6.48. The number of aliphatic hydroxyl groups excluding tert-OH is 1. The summed E-state index contributed by atoms with van der Waals surface area (Å²) in [6, 6.07) is 0. The van der Waals surface area contributed by atoms with Crippen LogP contribution >= 0.6 is 0 Å². The first kappa shape index (κ1) is 12.7. The summed E-state index contributed by atoms with van der Waals surface area (Å²) in [4.78, 5) is 13.6.